The van der Waals surface area contributed by atoms with Gasteiger partial charge in [-0.05, 0) is 13.3 Å². The molecule has 0 spiro atoms. The van der Waals surface area contributed by atoms with Gasteiger partial charge in [-0.1, -0.05) is 13.0 Å². The fraction of sp³-hybridized carbons (Fsp3) is 0.500. The Balaban J connectivity index is 3.16. The van der Waals surface area contributed by atoms with Crippen LogP contribution in [0.5, 0.6) is 0 Å². The highest BCUT2D eigenvalue weighted by Crippen LogP contribution is 2.23. The minimum absolute atomic E-state index is 0.113. The van der Waals surface area contributed by atoms with E-state index in [0.717, 1.165) is 6.42 Å². The third kappa shape index (κ3) is 3.01. The molecule has 1 aromatic rings. The summed E-state index contributed by atoms with van der Waals surface area (Å²) in [6, 6.07) is 1.37. The highest BCUT2D eigenvalue weighted by Gasteiger charge is 2.27. The summed E-state index contributed by atoms with van der Waals surface area (Å²) < 4.78 is 31.3. The summed E-state index contributed by atoms with van der Waals surface area (Å²) in [7, 11) is -3.59. The Labute approximate surface area is 108 Å². The van der Waals surface area contributed by atoms with Crippen LogP contribution in [0.4, 0.5) is 0 Å². The highest BCUT2D eigenvalue weighted by molar-refractivity contribution is 7.89. The Morgan fingerprint density at radius 2 is 2.22 bits per heavy atom. The lowest BCUT2D eigenvalue weighted by Gasteiger charge is -2.19. The van der Waals surface area contributed by atoms with E-state index in [1.165, 1.54) is 10.4 Å². The van der Waals surface area contributed by atoms with Crippen molar-refractivity contribution in [2.45, 2.75) is 31.8 Å². The molecule has 0 unspecified atom stereocenters. The Bertz CT molecular complexity index is 504. The monoisotopic (exact) mass is 273 g/mol. The Morgan fingerprint density at radius 3 is 2.67 bits per heavy atom. The smallest absolute Gasteiger partial charge is 0.246 e. The van der Waals surface area contributed by atoms with Gasteiger partial charge in [-0.25, -0.2) is 8.42 Å². The maximum Gasteiger partial charge on any atom is 0.246 e. The van der Waals surface area contributed by atoms with Gasteiger partial charge in [-0.2, -0.15) is 4.31 Å². The summed E-state index contributed by atoms with van der Waals surface area (Å²) in [5.41, 5.74) is 0. The first-order valence-electron chi connectivity index (χ1n) is 5.78. The summed E-state index contributed by atoms with van der Waals surface area (Å²) in [5.74, 6) is 0.547. The molecule has 0 bridgehead atoms. The molecule has 1 rings (SSSR count). The van der Waals surface area contributed by atoms with Gasteiger partial charge in [-0.15, -0.1) is 6.58 Å². The van der Waals surface area contributed by atoms with E-state index >= 15 is 0 Å². The lowest BCUT2D eigenvalue weighted by atomic mass is 10.4. The molecule has 1 aromatic heterocycles. The van der Waals surface area contributed by atoms with Crippen LogP contribution in [-0.4, -0.2) is 30.9 Å². The van der Waals surface area contributed by atoms with Crippen LogP contribution in [-0.2, 0) is 16.6 Å². The largest absolute Gasteiger partial charge is 0.462 e. The standard InChI is InChI=1S/C12H19NO4S/c1-4-6-13(7-5-2)18(15,16)12-8-11(9-14)17-10(12)3/h4,8,14H,1,5-7,9H2,2-3H3. The fourth-order valence-corrected chi connectivity index (χ4v) is 3.39. The molecule has 0 atom stereocenters. The van der Waals surface area contributed by atoms with Gasteiger partial charge in [0.25, 0.3) is 0 Å². The van der Waals surface area contributed by atoms with E-state index < -0.39 is 10.0 Å². The summed E-state index contributed by atoms with van der Waals surface area (Å²) in [5, 5.41) is 8.97. The van der Waals surface area contributed by atoms with Gasteiger partial charge in [0.05, 0.1) is 0 Å². The van der Waals surface area contributed by atoms with E-state index in [2.05, 4.69) is 6.58 Å². The molecule has 5 nitrogen and oxygen atoms in total. The molecule has 0 radical (unpaired) electrons. The van der Waals surface area contributed by atoms with Crippen molar-refractivity contribution in [1.29, 1.82) is 0 Å². The van der Waals surface area contributed by atoms with Gasteiger partial charge in [-0.3, -0.25) is 0 Å². The summed E-state index contributed by atoms with van der Waals surface area (Å²) in [6.07, 6.45) is 2.27. The minimum atomic E-state index is -3.59. The van der Waals surface area contributed by atoms with Crippen molar-refractivity contribution in [2.75, 3.05) is 13.1 Å². The van der Waals surface area contributed by atoms with Gasteiger partial charge < -0.3 is 9.52 Å². The van der Waals surface area contributed by atoms with Crippen molar-refractivity contribution >= 4 is 10.0 Å². The fourth-order valence-electron chi connectivity index (χ4n) is 1.70. The topological polar surface area (TPSA) is 70.8 Å². The normalized spacial score (nSPS) is 12.0. The zero-order valence-electron chi connectivity index (χ0n) is 10.7. The molecule has 0 saturated carbocycles. The van der Waals surface area contributed by atoms with Crippen LogP contribution >= 0.6 is 0 Å². The number of aliphatic hydroxyl groups is 1. The van der Waals surface area contributed by atoms with Crippen molar-refractivity contribution in [3.05, 3.63) is 30.2 Å². The van der Waals surface area contributed by atoms with E-state index in [1.807, 2.05) is 6.92 Å². The average Bonchev–Trinajstić information content (AvgIpc) is 2.71. The van der Waals surface area contributed by atoms with E-state index in [1.54, 1.807) is 13.0 Å². The quantitative estimate of drug-likeness (QED) is 0.767. The molecule has 0 aliphatic carbocycles. The Morgan fingerprint density at radius 1 is 1.56 bits per heavy atom. The van der Waals surface area contributed by atoms with E-state index in [4.69, 9.17) is 9.52 Å². The summed E-state index contributed by atoms with van der Waals surface area (Å²) >= 11 is 0. The van der Waals surface area contributed by atoms with Crippen LogP contribution in [0.25, 0.3) is 0 Å². The van der Waals surface area contributed by atoms with Gasteiger partial charge in [0.15, 0.2) is 0 Å². The number of furan rings is 1. The number of aryl methyl sites for hydroxylation is 1. The van der Waals surface area contributed by atoms with Crippen LogP contribution in [0.3, 0.4) is 0 Å². The zero-order chi connectivity index (χ0) is 13.8. The van der Waals surface area contributed by atoms with Crippen molar-refractivity contribution in [3.63, 3.8) is 0 Å². The summed E-state index contributed by atoms with van der Waals surface area (Å²) in [6.45, 7) is 7.42. The van der Waals surface area contributed by atoms with Crippen LogP contribution in [0.2, 0.25) is 0 Å². The maximum atomic E-state index is 12.4. The molecule has 1 heterocycles. The average molecular weight is 273 g/mol. The summed E-state index contributed by atoms with van der Waals surface area (Å²) in [4.78, 5) is 0.113. The molecule has 0 amide bonds. The van der Waals surface area contributed by atoms with E-state index in [9.17, 15) is 8.42 Å². The second-order valence-electron chi connectivity index (χ2n) is 3.94. The van der Waals surface area contributed by atoms with E-state index in [-0.39, 0.29) is 23.8 Å². The molecule has 18 heavy (non-hydrogen) atoms. The first kappa shape index (κ1) is 14.9. The Kier molecular flexibility index (Phi) is 5.13. The van der Waals surface area contributed by atoms with Crippen molar-refractivity contribution < 1.29 is 17.9 Å². The predicted molar refractivity (Wildman–Crippen MR) is 68.6 cm³/mol. The molecular weight excluding hydrogens is 254 g/mol. The molecule has 0 saturated heterocycles. The highest BCUT2D eigenvalue weighted by atomic mass is 32.2. The molecule has 0 aromatic carbocycles. The second kappa shape index (κ2) is 6.17. The maximum absolute atomic E-state index is 12.4. The van der Waals surface area contributed by atoms with Crippen LogP contribution in [0.1, 0.15) is 24.9 Å². The molecule has 0 aliphatic heterocycles. The number of sulfonamides is 1. The van der Waals surface area contributed by atoms with Crippen LogP contribution < -0.4 is 0 Å². The van der Waals surface area contributed by atoms with E-state index in [0.29, 0.717) is 12.3 Å². The van der Waals surface area contributed by atoms with Gasteiger partial charge >= 0.3 is 0 Å². The minimum Gasteiger partial charge on any atom is -0.462 e. The van der Waals surface area contributed by atoms with Crippen molar-refractivity contribution in [3.8, 4) is 0 Å². The lowest BCUT2D eigenvalue weighted by molar-refractivity contribution is 0.244. The molecular formula is C12H19NO4S. The van der Waals surface area contributed by atoms with Crippen LogP contribution in [0, 0.1) is 6.92 Å². The molecule has 6 heteroatoms. The number of nitrogens with zero attached hydrogens (tertiary/aromatic N) is 1. The molecule has 0 aliphatic rings. The first-order chi connectivity index (χ1) is 8.47. The van der Waals surface area contributed by atoms with Gasteiger partial charge in [0, 0.05) is 19.2 Å². The molecule has 102 valence electrons. The van der Waals surface area contributed by atoms with Crippen molar-refractivity contribution in [1.82, 2.24) is 4.31 Å². The SMILES string of the molecule is C=CCN(CCC)S(=O)(=O)c1cc(CO)oc1C. The van der Waals surface area contributed by atoms with Gasteiger partial charge in [0.1, 0.15) is 23.0 Å². The predicted octanol–water partition coefficient (Wildman–Crippen LogP) is 1.67. The third-order valence-electron chi connectivity index (χ3n) is 2.50. The number of aliphatic hydroxyl groups excluding tert-OH is 1. The molecule has 0 fully saturated rings. The van der Waals surface area contributed by atoms with Crippen molar-refractivity contribution in [2.24, 2.45) is 0 Å². The first-order valence-corrected chi connectivity index (χ1v) is 7.22. The number of hydrogen-bond acceptors (Lipinski definition) is 4. The second-order valence-corrected chi connectivity index (χ2v) is 5.85. The molecule has 1 N–H and O–H groups in total. The lowest BCUT2D eigenvalue weighted by Crippen LogP contribution is -2.32. The van der Waals surface area contributed by atoms with Crippen LogP contribution in [0.15, 0.2) is 28.0 Å². The number of hydrogen-bond donors (Lipinski definition) is 1. The van der Waals surface area contributed by atoms with Gasteiger partial charge in [0.2, 0.25) is 10.0 Å². The zero-order valence-corrected chi connectivity index (χ0v) is 11.5. The Hall–Kier alpha value is -1.11. The third-order valence-corrected chi connectivity index (χ3v) is 4.48. The number of rotatable bonds is 7.